The van der Waals surface area contributed by atoms with Crippen molar-refractivity contribution in [1.29, 1.82) is 0 Å². The molecule has 1 aromatic rings. The molecule has 2 rings (SSSR count). The van der Waals surface area contributed by atoms with Gasteiger partial charge >= 0.3 is 0 Å². The lowest BCUT2D eigenvalue weighted by atomic mass is 10.1. The van der Waals surface area contributed by atoms with Crippen LogP contribution in [-0.4, -0.2) is 29.7 Å². The van der Waals surface area contributed by atoms with E-state index in [2.05, 4.69) is 6.92 Å². The van der Waals surface area contributed by atoms with Crippen molar-refractivity contribution in [1.82, 2.24) is 4.90 Å². The van der Waals surface area contributed by atoms with Crippen LogP contribution in [0.1, 0.15) is 30.1 Å². The van der Waals surface area contributed by atoms with Crippen molar-refractivity contribution >= 4 is 34.9 Å². The minimum Gasteiger partial charge on any atom is -0.335 e. The van der Waals surface area contributed by atoms with Crippen LogP contribution >= 0.6 is 23.2 Å². The first-order valence-electron chi connectivity index (χ1n) is 6.27. The molecule has 1 fully saturated rings. The molecule has 19 heavy (non-hydrogen) atoms. The summed E-state index contributed by atoms with van der Waals surface area (Å²) in [7, 11) is 0. The molecule has 1 saturated heterocycles. The Morgan fingerprint density at radius 1 is 1.37 bits per heavy atom. The summed E-state index contributed by atoms with van der Waals surface area (Å²) in [6.45, 7) is 2.85. The van der Waals surface area contributed by atoms with Crippen LogP contribution in [0.5, 0.6) is 0 Å². The fraction of sp³-hybridized carbons (Fsp3) is 0.429. The maximum atomic E-state index is 12.1. The molecule has 1 heterocycles. The SMILES string of the molecule is CCC1CC(=O)N(CC(=O)c2ccc(Cl)c(Cl)c2)C1. The van der Waals surface area contributed by atoms with Crippen LogP contribution in [0.2, 0.25) is 10.0 Å². The molecule has 1 unspecified atom stereocenters. The molecule has 5 heteroatoms. The van der Waals surface area contributed by atoms with Gasteiger partial charge in [0.2, 0.25) is 5.91 Å². The van der Waals surface area contributed by atoms with Crippen molar-refractivity contribution in [2.75, 3.05) is 13.1 Å². The molecule has 0 N–H and O–H groups in total. The highest BCUT2D eigenvalue weighted by molar-refractivity contribution is 6.42. The molecule has 0 radical (unpaired) electrons. The Hall–Kier alpha value is -1.06. The topological polar surface area (TPSA) is 37.4 Å². The zero-order valence-corrected chi connectivity index (χ0v) is 12.2. The molecule has 0 spiro atoms. The second kappa shape index (κ2) is 5.93. The third-order valence-corrected chi connectivity index (χ3v) is 4.19. The number of amides is 1. The number of halogens is 2. The van der Waals surface area contributed by atoms with E-state index in [4.69, 9.17) is 23.2 Å². The molecule has 1 atom stereocenters. The Kier molecular flexibility index (Phi) is 4.48. The normalized spacial score (nSPS) is 19.0. The summed E-state index contributed by atoms with van der Waals surface area (Å²) in [5.41, 5.74) is 0.488. The molecule has 1 amide bonds. The van der Waals surface area contributed by atoms with Crippen LogP contribution in [0.4, 0.5) is 0 Å². The quantitative estimate of drug-likeness (QED) is 0.799. The number of rotatable bonds is 4. The average Bonchev–Trinajstić information content (AvgIpc) is 2.73. The van der Waals surface area contributed by atoms with Crippen molar-refractivity contribution in [3.8, 4) is 0 Å². The van der Waals surface area contributed by atoms with Gasteiger partial charge < -0.3 is 4.90 Å². The molecule has 1 aliphatic rings. The van der Waals surface area contributed by atoms with Gasteiger partial charge in [-0.05, 0) is 24.1 Å². The molecular weight excluding hydrogens is 285 g/mol. The van der Waals surface area contributed by atoms with Crippen LogP contribution in [-0.2, 0) is 4.79 Å². The minimum atomic E-state index is -0.108. The summed E-state index contributed by atoms with van der Waals surface area (Å²) in [6, 6.07) is 4.77. The summed E-state index contributed by atoms with van der Waals surface area (Å²) in [5.74, 6) is 0.318. The van der Waals surface area contributed by atoms with Crippen molar-refractivity contribution in [3.05, 3.63) is 33.8 Å². The van der Waals surface area contributed by atoms with Gasteiger partial charge in [0.1, 0.15) is 0 Å². The lowest BCUT2D eigenvalue weighted by Gasteiger charge is -2.15. The van der Waals surface area contributed by atoms with E-state index in [9.17, 15) is 9.59 Å². The molecule has 1 aliphatic heterocycles. The molecule has 1 aromatic carbocycles. The fourth-order valence-electron chi connectivity index (χ4n) is 2.21. The zero-order chi connectivity index (χ0) is 14.0. The van der Waals surface area contributed by atoms with Gasteiger partial charge in [0, 0.05) is 18.5 Å². The summed E-state index contributed by atoms with van der Waals surface area (Å²) in [6.07, 6.45) is 1.51. The van der Waals surface area contributed by atoms with Gasteiger partial charge in [0.15, 0.2) is 5.78 Å². The average molecular weight is 300 g/mol. The standard InChI is InChI=1S/C14H15Cl2NO2/c1-2-9-5-14(19)17(7-9)8-13(18)10-3-4-11(15)12(16)6-10/h3-4,6,9H,2,5,7-8H2,1H3. The van der Waals surface area contributed by atoms with E-state index in [0.717, 1.165) is 6.42 Å². The highest BCUT2D eigenvalue weighted by Crippen LogP contribution is 2.24. The number of benzene rings is 1. The van der Waals surface area contributed by atoms with E-state index in [-0.39, 0.29) is 18.2 Å². The second-order valence-corrected chi connectivity index (χ2v) is 5.62. The third-order valence-electron chi connectivity index (χ3n) is 3.45. The van der Waals surface area contributed by atoms with Gasteiger partial charge in [-0.15, -0.1) is 0 Å². The van der Waals surface area contributed by atoms with E-state index in [1.54, 1.807) is 23.1 Å². The number of Topliss-reactive ketones (excluding diaryl/α,β-unsaturated/α-hetero) is 1. The molecule has 0 aliphatic carbocycles. The maximum Gasteiger partial charge on any atom is 0.223 e. The first-order valence-corrected chi connectivity index (χ1v) is 7.03. The van der Waals surface area contributed by atoms with Crippen LogP contribution in [0.25, 0.3) is 0 Å². The monoisotopic (exact) mass is 299 g/mol. The van der Waals surface area contributed by atoms with E-state index in [1.165, 1.54) is 0 Å². The van der Waals surface area contributed by atoms with Gasteiger partial charge in [-0.1, -0.05) is 36.5 Å². The Bertz CT molecular complexity index is 516. The molecule has 0 aromatic heterocycles. The Labute approximate surface area is 122 Å². The Morgan fingerprint density at radius 2 is 2.11 bits per heavy atom. The van der Waals surface area contributed by atoms with E-state index < -0.39 is 0 Å². The highest BCUT2D eigenvalue weighted by atomic mass is 35.5. The zero-order valence-electron chi connectivity index (χ0n) is 10.7. The summed E-state index contributed by atoms with van der Waals surface area (Å²) < 4.78 is 0. The highest BCUT2D eigenvalue weighted by Gasteiger charge is 2.29. The van der Waals surface area contributed by atoms with Crippen molar-refractivity contribution < 1.29 is 9.59 Å². The number of ketones is 1. The molecule has 102 valence electrons. The van der Waals surface area contributed by atoms with Crippen molar-refractivity contribution in [3.63, 3.8) is 0 Å². The second-order valence-electron chi connectivity index (χ2n) is 4.80. The predicted octanol–water partition coefficient (Wildman–Crippen LogP) is 3.43. The lowest BCUT2D eigenvalue weighted by Crippen LogP contribution is -2.31. The van der Waals surface area contributed by atoms with Gasteiger partial charge in [0.25, 0.3) is 0 Å². The Balaban J connectivity index is 2.05. The van der Waals surface area contributed by atoms with E-state index >= 15 is 0 Å². The summed E-state index contributed by atoms with van der Waals surface area (Å²) in [5, 5.41) is 0.771. The lowest BCUT2D eigenvalue weighted by molar-refractivity contribution is -0.127. The number of carbonyl (C=O) groups excluding carboxylic acids is 2. The van der Waals surface area contributed by atoms with Crippen molar-refractivity contribution in [2.24, 2.45) is 5.92 Å². The number of likely N-dealkylation sites (tertiary alicyclic amines) is 1. The van der Waals surface area contributed by atoms with Crippen LogP contribution in [0.3, 0.4) is 0 Å². The largest absolute Gasteiger partial charge is 0.335 e. The smallest absolute Gasteiger partial charge is 0.223 e. The summed E-state index contributed by atoms with van der Waals surface area (Å²) in [4.78, 5) is 25.5. The minimum absolute atomic E-state index is 0.0558. The fourth-order valence-corrected chi connectivity index (χ4v) is 2.51. The first kappa shape index (κ1) is 14.4. The maximum absolute atomic E-state index is 12.1. The number of hydrogen-bond donors (Lipinski definition) is 0. The molecule has 0 saturated carbocycles. The molecule has 0 bridgehead atoms. The molecular formula is C14H15Cl2NO2. The van der Waals surface area contributed by atoms with Gasteiger partial charge in [-0.3, -0.25) is 9.59 Å². The third kappa shape index (κ3) is 3.28. The number of carbonyl (C=O) groups is 2. The van der Waals surface area contributed by atoms with Gasteiger partial charge in [-0.25, -0.2) is 0 Å². The predicted molar refractivity (Wildman–Crippen MR) is 75.8 cm³/mol. The van der Waals surface area contributed by atoms with Crippen LogP contribution in [0.15, 0.2) is 18.2 Å². The number of hydrogen-bond acceptors (Lipinski definition) is 2. The van der Waals surface area contributed by atoms with Gasteiger partial charge in [-0.2, -0.15) is 0 Å². The first-order chi connectivity index (χ1) is 9.01. The van der Waals surface area contributed by atoms with Crippen molar-refractivity contribution in [2.45, 2.75) is 19.8 Å². The van der Waals surface area contributed by atoms with Crippen LogP contribution < -0.4 is 0 Å². The van der Waals surface area contributed by atoms with E-state index in [0.29, 0.717) is 34.5 Å². The molecule has 3 nitrogen and oxygen atoms in total. The number of nitrogens with zero attached hydrogens (tertiary/aromatic N) is 1. The summed E-state index contributed by atoms with van der Waals surface area (Å²) >= 11 is 11.7. The van der Waals surface area contributed by atoms with E-state index in [1.807, 2.05) is 0 Å². The Morgan fingerprint density at radius 3 is 2.68 bits per heavy atom. The van der Waals surface area contributed by atoms with Crippen LogP contribution in [0, 0.1) is 5.92 Å². The van der Waals surface area contributed by atoms with Gasteiger partial charge in [0.05, 0.1) is 16.6 Å².